The second kappa shape index (κ2) is 6.79. The van der Waals surface area contributed by atoms with Crippen molar-refractivity contribution in [2.45, 2.75) is 56.6 Å². The van der Waals surface area contributed by atoms with Crippen LogP contribution in [0.15, 0.2) is 24.7 Å². The molecule has 0 aromatic carbocycles. The molecular weight excluding hydrogens is 352 g/mol. The number of hydrogen-bond donors (Lipinski definition) is 0. The smallest absolute Gasteiger partial charge is 0.225 e. The van der Waals surface area contributed by atoms with Gasteiger partial charge in [0.2, 0.25) is 5.95 Å². The summed E-state index contributed by atoms with van der Waals surface area (Å²) < 4.78 is 8.60. The number of ether oxygens (including phenoxy) is 1. The van der Waals surface area contributed by atoms with E-state index in [1.807, 2.05) is 18.5 Å². The molecule has 6 rings (SSSR count). The minimum absolute atomic E-state index is 0.243. The Balaban J connectivity index is 1.21. The molecule has 7 nitrogen and oxygen atoms in total. The van der Waals surface area contributed by atoms with Gasteiger partial charge in [0.25, 0.3) is 0 Å². The lowest BCUT2D eigenvalue weighted by atomic mass is 9.77. The van der Waals surface area contributed by atoms with Gasteiger partial charge in [0.1, 0.15) is 0 Å². The first-order valence-electron chi connectivity index (χ1n) is 10.9. The van der Waals surface area contributed by atoms with Crippen molar-refractivity contribution in [2.75, 3.05) is 24.6 Å². The molecule has 3 aliphatic carbocycles. The van der Waals surface area contributed by atoms with E-state index in [-0.39, 0.29) is 6.10 Å². The van der Waals surface area contributed by atoms with Crippen LogP contribution in [0.25, 0.3) is 0 Å². The fourth-order valence-corrected chi connectivity index (χ4v) is 5.03. The van der Waals surface area contributed by atoms with Crippen molar-refractivity contribution in [3.8, 4) is 0 Å². The van der Waals surface area contributed by atoms with Crippen LogP contribution in [0.2, 0.25) is 0 Å². The van der Waals surface area contributed by atoms with Gasteiger partial charge in [-0.15, -0.1) is 5.10 Å². The Kier molecular flexibility index (Phi) is 4.10. The van der Waals surface area contributed by atoms with E-state index in [1.54, 1.807) is 0 Å². The van der Waals surface area contributed by atoms with Crippen molar-refractivity contribution in [3.05, 3.63) is 30.4 Å². The van der Waals surface area contributed by atoms with Gasteiger partial charge in [-0.2, -0.15) is 0 Å². The van der Waals surface area contributed by atoms with Gasteiger partial charge in [-0.1, -0.05) is 5.21 Å². The third kappa shape index (κ3) is 3.30. The number of fused-ring (bicyclic) bond motifs is 1. The fraction of sp³-hybridized carbons (Fsp3) is 0.714. The summed E-state index contributed by atoms with van der Waals surface area (Å²) >= 11 is 0. The molecule has 0 spiro atoms. The van der Waals surface area contributed by atoms with Crippen LogP contribution in [0.1, 0.15) is 56.2 Å². The summed E-state index contributed by atoms with van der Waals surface area (Å²) in [6.07, 6.45) is 13.5. The average molecular weight is 380 g/mol. The molecule has 4 atom stereocenters. The van der Waals surface area contributed by atoms with Crippen molar-refractivity contribution < 1.29 is 4.74 Å². The van der Waals surface area contributed by atoms with Crippen molar-refractivity contribution in [3.63, 3.8) is 0 Å². The van der Waals surface area contributed by atoms with Gasteiger partial charge in [-0.25, -0.2) is 14.6 Å². The highest BCUT2D eigenvalue weighted by Gasteiger charge is 2.45. The zero-order valence-electron chi connectivity index (χ0n) is 16.2. The van der Waals surface area contributed by atoms with Gasteiger partial charge in [-0.05, 0) is 62.3 Å². The first-order valence-corrected chi connectivity index (χ1v) is 10.9. The second-order valence-corrected chi connectivity index (χ2v) is 9.23. The molecule has 1 aliphatic heterocycles. The van der Waals surface area contributed by atoms with E-state index in [9.17, 15) is 0 Å². The maximum absolute atomic E-state index is 6.47. The van der Waals surface area contributed by atoms with Crippen LogP contribution in [0.4, 0.5) is 5.95 Å². The molecule has 3 saturated carbocycles. The quantitative estimate of drug-likeness (QED) is 0.768. The van der Waals surface area contributed by atoms with E-state index >= 15 is 0 Å². The van der Waals surface area contributed by atoms with Gasteiger partial charge in [-0.3, -0.25) is 0 Å². The maximum atomic E-state index is 6.47. The lowest BCUT2D eigenvalue weighted by Gasteiger charge is -2.37. The van der Waals surface area contributed by atoms with Gasteiger partial charge < -0.3 is 9.64 Å². The Hall–Kier alpha value is -2.02. The summed E-state index contributed by atoms with van der Waals surface area (Å²) in [5.74, 6) is 3.58. The first-order chi connectivity index (χ1) is 13.8. The highest BCUT2D eigenvalue weighted by Crippen LogP contribution is 2.44. The molecule has 2 aromatic heterocycles. The predicted molar refractivity (Wildman–Crippen MR) is 104 cm³/mol. The van der Waals surface area contributed by atoms with Crippen molar-refractivity contribution in [1.82, 2.24) is 25.0 Å². The van der Waals surface area contributed by atoms with Crippen molar-refractivity contribution >= 4 is 5.95 Å². The predicted octanol–water partition coefficient (Wildman–Crippen LogP) is 2.83. The minimum Gasteiger partial charge on any atom is -0.376 e. The number of nitrogens with zero attached hydrogens (tertiary/aromatic N) is 6. The van der Waals surface area contributed by atoms with Crippen LogP contribution < -0.4 is 4.90 Å². The summed E-state index contributed by atoms with van der Waals surface area (Å²) in [4.78, 5) is 11.3. The van der Waals surface area contributed by atoms with Crippen LogP contribution in [0, 0.1) is 17.8 Å². The van der Waals surface area contributed by atoms with Crippen LogP contribution in [-0.4, -0.2) is 50.8 Å². The number of rotatable bonds is 6. The summed E-state index contributed by atoms with van der Waals surface area (Å²) in [5.41, 5.74) is 1.17. The summed E-state index contributed by atoms with van der Waals surface area (Å²) in [6.45, 7) is 2.98. The number of aromatic nitrogens is 5. The molecule has 7 heteroatoms. The SMILES string of the molecule is c1cnc(N2C[C@H]3C[C@@H](n4cc(C5CC5)nn4)[C@H](OCC4CC4)C[C@H]3C2)nc1. The third-order valence-electron chi connectivity index (χ3n) is 7.03. The molecule has 148 valence electrons. The number of anilines is 1. The van der Waals surface area contributed by atoms with Gasteiger partial charge >= 0.3 is 0 Å². The normalized spacial score (nSPS) is 32.5. The van der Waals surface area contributed by atoms with Crippen LogP contribution in [0.3, 0.4) is 0 Å². The summed E-state index contributed by atoms with van der Waals surface area (Å²) in [6, 6.07) is 2.18. The van der Waals surface area contributed by atoms with E-state index in [2.05, 4.69) is 36.1 Å². The molecule has 2 aromatic rings. The topological polar surface area (TPSA) is 69.0 Å². The van der Waals surface area contributed by atoms with E-state index < -0.39 is 0 Å². The molecule has 28 heavy (non-hydrogen) atoms. The molecule has 0 bridgehead atoms. The van der Waals surface area contributed by atoms with E-state index in [1.165, 1.54) is 31.4 Å². The molecule has 3 heterocycles. The Morgan fingerprint density at radius 2 is 1.79 bits per heavy atom. The Morgan fingerprint density at radius 1 is 1.00 bits per heavy atom. The molecular formula is C21H28N6O. The van der Waals surface area contributed by atoms with E-state index in [4.69, 9.17) is 4.74 Å². The molecule has 0 amide bonds. The highest BCUT2D eigenvalue weighted by molar-refractivity contribution is 5.31. The first kappa shape index (κ1) is 16.9. The molecule has 1 saturated heterocycles. The highest BCUT2D eigenvalue weighted by atomic mass is 16.5. The molecule has 0 N–H and O–H groups in total. The lowest BCUT2D eigenvalue weighted by Crippen LogP contribution is -2.38. The second-order valence-electron chi connectivity index (χ2n) is 9.23. The van der Waals surface area contributed by atoms with Crippen molar-refractivity contribution in [2.24, 2.45) is 17.8 Å². The van der Waals surface area contributed by atoms with Crippen LogP contribution in [0.5, 0.6) is 0 Å². The number of hydrogen-bond acceptors (Lipinski definition) is 6. The summed E-state index contributed by atoms with van der Waals surface area (Å²) in [5, 5.41) is 9.00. The molecule has 0 unspecified atom stereocenters. The van der Waals surface area contributed by atoms with Gasteiger partial charge in [0.15, 0.2) is 0 Å². The Labute approximate surface area is 165 Å². The van der Waals surface area contributed by atoms with Crippen molar-refractivity contribution in [1.29, 1.82) is 0 Å². The molecule has 4 aliphatic rings. The van der Waals surface area contributed by atoms with Gasteiger partial charge in [0, 0.05) is 44.2 Å². The van der Waals surface area contributed by atoms with E-state index in [0.717, 1.165) is 44.4 Å². The molecule has 4 fully saturated rings. The third-order valence-corrected chi connectivity index (χ3v) is 7.03. The summed E-state index contributed by atoms with van der Waals surface area (Å²) in [7, 11) is 0. The lowest BCUT2D eigenvalue weighted by molar-refractivity contribution is -0.0375. The monoisotopic (exact) mass is 380 g/mol. The molecule has 0 radical (unpaired) electrons. The zero-order valence-corrected chi connectivity index (χ0v) is 16.2. The zero-order chi connectivity index (χ0) is 18.5. The van der Waals surface area contributed by atoms with Crippen LogP contribution in [-0.2, 0) is 4.74 Å². The van der Waals surface area contributed by atoms with Gasteiger partial charge in [0.05, 0.1) is 17.8 Å². The average Bonchev–Trinajstić information content (AvgIpc) is 3.66. The maximum Gasteiger partial charge on any atom is 0.225 e. The van der Waals surface area contributed by atoms with E-state index in [0.29, 0.717) is 23.8 Å². The largest absolute Gasteiger partial charge is 0.376 e. The van der Waals surface area contributed by atoms with Crippen LogP contribution >= 0.6 is 0 Å². The Morgan fingerprint density at radius 3 is 2.54 bits per heavy atom. The Bertz CT molecular complexity index is 817. The fourth-order valence-electron chi connectivity index (χ4n) is 5.03. The minimum atomic E-state index is 0.243. The standard InChI is InChI=1S/C21H28N6O/c1-6-22-21(23-7-1)26-10-16-8-19(27-12-18(24-25-27)15-4-5-15)20(9-17(16)11-26)28-13-14-2-3-14/h1,6-7,12,14-17,19-20H,2-5,8-11,13H2/t16-,17+,19-,20-/m1/s1.